The van der Waals surface area contributed by atoms with Gasteiger partial charge in [-0.05, 0) is 98.2 Å². The number of amides is 1. The summed E-state index contributed by atoms with van der Waals surface area (Å²) in [6.07, 6.45) is 33.9. The zero-order valence-electron chi connectivity index (χ0n) is 34.8. The molecule has 0 aromatic heterocycles. The first-order valence-electron chi connectivity index (χ1n) is 22.1. The molecule has 0 bridgehead atoms. The molecule has 1 saturated carbocycles. The molecule has 0 aromatic rings. The van der Waals surface area contributed by atoms with Crippen molar-refractivity contribution in [2.75, 3.05) is 13.2 Å². The highest BCUT2D eigenvalue weighted by Crippen LogP contribution is 2.59. The third-order valence-electron chi connectivity index (χ3n) is 13.5. The van der Waals surface area contributed by atoms with Crippen molar-refractivity contribution in [3.05, 3.63) is 11.1 Å². The summed E-state index contributed by atoms with van der Waals surface area (Å²) in [6.45, 7) is 23.2. The highest BCUT2D eigenvalue weighted by molar-refractivity contribution is 5.67. The quantitative estimate of drug-likeness (QED) is 0.0657. The van der Waals surface area contributed by atoms with Crippen molar-refractivity contribution in [3.63, 3.8) is 0 Å². The van der Waals surface area contributed by atoms with Crippen LogP contribution in [0.4, 0.5) is 4.79 Å². The van der Waals surface area contributed by atoms with Crippen molar-refractivity contribution in [2.24, 2.45) is 34.0 Å². The Morgan fingerprint density at radius 2 is 1.02 bits per heavy atom. The van der Waals surface area contributed by atoms with E-state index < -0.39 is 0 Å². The molecule has 3 heteroatoms. The standard InChI is InChI=1S/C46H87NO2/c1-10-15-19-25-35-46(9,34-23-17-12-3)42-30-28-39-38(27-29-41(42)45(8,32-18-13-4)33-22-16-11-2)40(39)37-49-43(48)47-36-26-21-20-24-31-44(6,7)14-5/h38-40H,10-37H2,1-9H3,(H,47,48)/b42-41-/t38-,39+,40-,45?,46?/m0/s1. The molecule has 2 unspecified atom stereocenters. The van der Waals surface area contributed by atoms with E-state index >= 15 is 0 Å². The lowest BCUT2D eigenvalue weighted by Gasteiger charge is -2.43. The Hall–Kier alpha value is -0.990. The summed E-state index contributed by atoms with van der Waals surface area (Å²) in [5.74, 6) is 2.03. The van der Waals surface area contributed by atoms with Crippen molar-refractivity contribution >= 4 is 6.09 Å². The monoisotopic (exact) mass is 686 g/mol. The first kappa shape index (κ1) is 44.2. The predicted molar refractivity (Wildman–Crippen MR) is 215 cm³/mol. The number of unbranched alkanes of at least 4 members (excludes halogenated alkanes) is 11. The SMILES string of the molecule is CCCCCCC(C)(CCCCC)/C1=C(\C(C)(CCCC)CCCCC)CC[C@H]2[C@@H](CC1)[C@H]2COC(=O)NCCCCCCC(C)(C)CC. The fraction of sp³-hybridized carbons (Fsp3) is 0.935. The molecule has 288 valence electrons. The van der Waals surface area contributed by atoms with Crippen LogP contribution in [0.3, 0.4) is 0 Å². The summed E-state index contributed by atoms with van der Waals surface area (Å²) in [6, 6.07) is 0. The fourth-order valence-corrected chi connectivity index (χ4v) is 9.45. The van der Waals surface area contributed by atoms with Gasteiger partial charge in [-0.3, -0.25) is 0 Å². The van der Waals surface area contributed by atoms with Crippen molar-refractivity contribution in [3.8, 4) is 0 Å². The van der Waals surface area contributed by atoms with E-state index in [1.54, 1.807) is 0 Å². The summed E-state index contributed by atoms with van der Waals surface area (Å²) in [7, 11) is 0. The van der Waals surface area contributed by atoms with Crippen LogP contribution in [0.2, 0.25) is 0 Å². The highest BCUT2D eigenvalue weighted by atomic mass is 16.5. The molecule has 2 aliphatic carbocycles. The van der Waals surface area contributed by atoms with Gasteiger partial charge >= 0.3 is 6.09 Å². The molecule has 1 N–H and O–H groups in total. The first-order valence-corrected chi connectivity index (χ1v) is 22.1. The van der Waals surface area contributed by atoms with Gasteiger partial charge in [0.2, 0.25) is 0 Å². The van der Waals surface area contributed by atoms with Crippen molar-refractivity contribution < 1.29 is 9.53 Å². The van der Waals surface area contributed by atoms with Crippen LogP contribution in [0.15, 0.2) is 11.1 Å². The first-order chi connectivity index (χ1) is 23.5. The molecule has 0 aliphatic heterocycles. The number of ether oxygens (including phenoxy) is 1. The molecule has 0 spiro atoms. The Labute approximate surface area is 307 Å². The van der Waals surface area contributed by atoms with E-state index in [0.29, 0.717) is 28.8 Å². The number of nitrogens with one attached hydrogen (secondary N) is 1. The van der Waals surface area contributed by atoms with Gasteiger partial charge in [0, 0.05) is 6.54 Å². The molecular weight excluding hydrogens is 599 g/mol. The predicted octanol–water partition coefficient (Wildman–Crippen LogP) is 15.2. The molecule has 1 amide bonds. The molecule has 0 radical (unpaired) electrons. The number of hydrogen-bond acceptors (Lipinski definition) is 2. The summed E-state index contributed by atoms with van der Waals surface area (Å²) >= 11 is 0. The minimum atomic E-state index is -0.190. The van der Waals surface area contributed by atoms with Crippen LogP contribution in [0.25, 0.3) is 0 Å². The Morgan fingerprint density at radius 3 is 1.53 bits per heavy atom. The lowest BCUT2D eigenvalue weighted by molar-refractivity contribution is 0.137. The van der Waals surface area contributed by atoms with E-state index in [4.69, 9.17) is 4.74 Å². The minimum absolute atomic E-state index is 0.190. The van der Waals surface area contributed by atoms with Crippen LogP contribution < -0.4 is 5.32 Å². The molecule has 1 fully saturated rings. The van der Waals surface area contributed by atoms with Gasteiger partial charge < -0.3 is 10.1 Å². The number of rotatable bonds is 28. The van der Waals surface area contributed by atoms with Crippen molar-refractivity contribution in [1.29, 1.82) is 0 Å². The van der Waals surface area contributed by atoms with Gasteiger partial charge in [0.15, 0.2) is 0 Å². The zero-order valence-corrected chi connectivity index (χ0v) is 34.8. The molecule has 0 heterocycles. The number of hydrogen-bond donors (Lipinski definition) is 1. The number of alkyl carbamates (subject to hydrolysis) is 1. The Balaban J connectivity index is 2.12. The van der Waals surface area contributed by atoms with Gasteiger partial charge in [-0.15, -0.1) is 0 Å². The van der Waals surface area contributed by atoms with E-state index in [-0.39, 0.29) is 6.09 Å². The van der Waals surface area contributed by atoms with Crippen LogP contribution in [-0.2, 0) is 4.74 Å². The van der Waals surface area contributed by atoms with Crippen molar-refractivity contribution in [2.45, 2.75) is 229 Å². The van der Waals surface area contributed by atoms with Crippen molar-refractivity contribution in [1.82, 2.24) is 5.32 Å². The number of carbonyl (C=O) groups is 1. The maximum atomic E-state index is 12.7. The highest BCUT2D eigenvalue weighted by Gasteiger charge is 2.51. The topological polar surface area (TPSA) is 38.3 Å². The van der Waals surface area contributed by atoms with Crippen LogP contribution >= 0.6 is 0 Å². The van der Waals surface area contributed by atoms with Gasteiger partial charge in [0.1, 0.15) is 0 Å². The van der Waals surface area contributed by atoms with Gasteiger partial charge in [-0.1, -0.05) is 176 Å². The van der Waals surface area contributed by atoms with Gasteiger partial charge in [-0.25, -0.2) is 4.79 Å². The average molecular weight is 686 g/mol. The average Bonchev–Trinajstić information content (AvgIpc) is 3.73. The maximum absolute atomic E-state index is 12.7. The van der Waals surface area contributed by atoms with Gasteiger partial charge in [0.05, 0.1) is 6.61 Å². The number of carbonyl (C=O) groups excluding carboxylic acids is 1. The van der Waals surface area contributed by atoms with Gasteiger partial charge in [0.25, 0.3) is 0 Å². The molecular formula is C46H87NO2. The number of allylic oxidation sites excluding steroid dienone is 2. The second-order valence-electron chi connectivity index (χ2n) is 18.2. The zero-order chi connectivity index (χ0) is 36.2. The van der Waals surface area contributed by atoms with Gasteiger partial charge in [-0.2, -0.15) is 0 Å². The molecule has 2 aliphatic rings. The molecule has 0 saturated heterocycles. The smallest absolute Gasteiger partial charge is 0.407 e. The lowest BCUT2D eigenvalue weighted by Crippen LogP contribution is -2.29. The number of fused-ring (bicyclic) bond motifs is 1. The Morgan fingerprint density at radius 1 is 0.592 bits per heavy atom. The maximum Gasteiger partial charge on any atom is 0.407 e. The molecule has 3 nitrogen and oxygen atoms in total. The summed E-state index contributed by atoms with van der Waals surface area (Å²) in [5, 5.41) is 3.07. The van der Waals surface area contributed by atoms with Crippen LogP contribution in [0.5, 0.6) is 0 Å². The third kappa shape index (κ3) is 15.6. The molecule has 49 heavy (non-hydrogen) atoms. The summed E-state index contributed by atoms with van der Waals surface area (Å²) in [5.41, 5.74) is 4.92. The lowest BCUT2D eigenvalue weighted by atomic mass is 9.62. The van der Waals surface area contributed by atoms with E-state index in [1.807, 2.05) is 11.1 Å². The van der Waals surface area contributed by atoms with E-state index in [9.17, 15) is 4.79 Å². The van der Waals surface area contributed by atoms with Crippen LogP contribution in [0, 0.1) is 34.0 Å². The molecule has 0 aromatic carbocycles. The fourth-order valence-electron chi connectivity index (χ4n) is 9.45. The molecule has 2 rings (SSSR count). The largest absolute Gasteiger partial charge is 0.449 e. The van der Waals surface area contributed by atoms with Crippen LogP contribution in [-0.4, -0.2) is 19.2 Å². The third-order valence-corrected chi connectivity index (χ3v) is 13.5. The minimum Gasteiger partial charge on any atom is -0.449 e. The second-order valence-corrected chi connectivity index (χ2v) is 18.2. The second kappa shape index (κ2) is 23.5. The summed E-state index contributed by atoms with van der Waals surface area (Å²) < 4.78 is 5.91. The van der Waals surface area contributed by atoms with E-state index in [1.165, 1.54) is 161 Å². The normalized spacial score (nSPS) is 23.6. The Bertz CT molecular complexity index is 922. The summed E-state index contributed by atoms with van der Waals surface area (Å²) in [4.78, 5) is 12.7. The van der Waals surface area contributed by atoms with Crippen LogP contribution in [0.1, 0.15) is 229 Å². The Kier molecular flexibility index (Phi) is 21.2. The molecule has 5 atom stereocenters. The van der Waals surface area contributed by atoms with E-state index in [2.05, 4.69) is 67.6 Å². The van der Waals surface area contributed by atoms with E-state index in [0.717, 1.165) is 24.8 Å².